The molecule has 1 N–H and O–H groups in total. The van der Waals surface area contributed by atoms with Gasteiger partial charge in [0.2, 0.25) is 0 Å². The topological polar surface area (TPSA) is 87.9 Å². The van der Waals surface area contributed by atoms with E-state index in [0.717, 1.165) is 31.8 Å². The molecule has 0 spiro atoms. The van der Waals surface area contributed by atoms with Gasteiger partial charge in [0.05, 0.1) is 16.2 Å². The summed E-state index contributed by atoms with van der Waals surface area (Å²) in [7, 11) is 0. The molecule has 4 rings (SSSR count). The normalized spacial score (nSPS) is 14.4. The fourth-order valence-electron chi connectivity index (χ4n) is 4.02. The second-order valence-electron chi connectivity index (χ2n) is 8.23. The Morgan fingerprint density at radius 3 is 2.25 bits per heavy atom. The maximum atomic E-state index is 13.1. The maximum Gasteiger partial charge on any atom is 0.573 e. The summed E-state index contributed by atoms with van der Waals surface area (Å²) in [6.07, 6.45) is -4.83. The Bertz CT molecular complexity index is 1210. The number of amides is 1. The van der Waals surface area contributed by atoms with Gasteiger partial charge in [-0.1, -0.05) is 30.3 Å². The van der Waals surface area contributed by atoms with Crippen LogP contribution in [0.15, 0.2) is 72.8 Å². The molecular formula is C25H23F3N4O4. The minimum absolute atomic E-state index is 0.108. The van der Waals surface area contributed by atoms with Crippen molar-refractivity contribution in [3.8, 4) is 5.75 Å². The number of nitrogens with one attached hydrogen (secondary N) is 1. The highest BCUT2D eigenvalue weighted by Crippen LogP contribution is 2.29. The number of piperazine rings is 1. The van der Waals surface area contributed by atoms with Crippen molar-refractivity contribution >= 4 is 23.0 Å². The molecule has 36 heavy (non-hydrogen) atoms. The lowest BCUT2D eigenvalue weighted by Crippen LogP contribution is -2.46. The van der Waals surface area contributed by atoms with Crippen molar-refractivity contribution in [3.63, 3.8) is 0 Å². The van der Waals surface area contributed by atoms with E-state index in [-0.39, 0.29) is 16.9 Å². The van der Waals surface area contributed by atoms with Gasteiger partial charge in [-0.05, 0) is 35.9 Å². The maximum absolute atomic E-state index is 13.1. The molecule has 0 saturated carbocycles. The minimum atomic E-state index is -4.83. The molecule has 0 atom stereocenters. The number of halogens is 3. The molecular weight excluding hydrogens is 477 g/mol. The molecule has 1 aliphatic heterocycles. The van der Waals surface area contributed by atoms with Gasteiger partial charge in [-0.15, -0.1) is 13.2 Å². The summed E-state index contributed by atoms with van der Waals surface area (Å²) < 4.78 is 41.0. The van der Waals surface area contributed by atoms with Crippen molar-refractivity contribution in [2.24, 2.45) is 0 Å². The van der Waals surface area contributed by atoms with Gasteiger partial charge in [-0.3, -0.25) is 19.8 Å². The number of anilines is 2. The van der Waals surface area contributed by atoms with Crippen LogP contribution in [-0.2, 0) is 6.54 Å². The number of carbonyl (C=O) groups is 1. The lowest BCUT2D eigenvalue weighted by atomic mass is 10.1. The van der Waals surface area contributed by atoms with E-state index in [4.69, 9.17) is 0 Å². The second kappa shape index (κ2) is 10.6. The van der Waals surface area contributed by atoms with Crippen molar-refractivity contribution < 1.29 is 27.6 Å². The molecule has 1 aliphatic rings. The summed E-state index contributed by atoms with van der Waals surface area (Å²) in [5, 5.41) is 13.9. The molecule has 0 radical (unpaired) electrons. The van der Waals surface area contributed by atoms with E-state index in [9.17, 15) is 28.1 Å². The van der Waals surface area contributed by atoms with Crippen LogP contribution in [0.1, 0.15) is 15.9 Å². The summed E-state index contributed by atoms with van der Waals surface area (Å²) in [6.45, 7) is 3.53. The van der Waals surface area contributed by atoms with Gasteiger partial charge in [0, 0.05) is 50.5 Å². The van der Waals surface area contributed by atoms with Crippen LogP contribution >= 0.6 is 0 Å². The number of hydrogen-bond donors (Lipinski definition) is 1. The van der Waals surface area contributed by atoms with E-state index >= 15 is 0 Å². The fraction of sp³-hybridized carbons (Fsp3) is 0.240. The van der Waals surface area contributed by atoms with Gasteiger partial charge in [-0.25, -0.2) is 0 Å². The molecule has 0 aromatic heterocycles. The van der Waals surface area contributed by atoms with Crippen molar-refractivity contribution in [3.05, 3.63) is 94.0 Å². The summed E-state index contributed by atoms with van der Waals surface area (Å²) in [4.78, 5) is 28.1. The Morgan fingerprint density at radius 1 is 0.972 bits per heavy atom. The molecule has 11 heteroatoms. The van der Waals surface area contributed by atoms with Crippen molar-refractivity contribution in [1.29, 1.82) is 0 Å². The molecule has 8 nitrogen and oxygen atoms in total. The zero-order valence-corrected chi connectivity index (χ0v) is 19.1. The van der Waals surface area contributed by atoms with E-state index in [1.807, 2.05) is 23.1 Å². The Balaban J connectivity index is 1.48. The first-order chi connectivity index (χ1) is 17.2. The fourth-order valence-corrected chi connectivity index (χ4v) is 4.02. The largest absolute Gasteiger partial charge is 0.573 e. The number of carbonyl (C=O) groups excluding carboxylic acids is 1. The quantitative estimate of drug-likeness (QED) is 0.360. The number of rotatable bonds is 7. The Kier molecular flexibility index (Phi) is 7.39. The molecule has 188 valence electrons. The van der Waals surface area contributed by atoms with Crippen LogP contribution in [-0.4, -0.2) is 48.3 Å². The summed E-state index contributed by atoms with van der Waals surface area (Å²) in [5.41, 5.74) is 1.85. The highest BCUT2D eigenvalue weighted by Gasteiger charge is 2.31. The summed E-state index contributed by atoms with van der Waals surface area (Å²) >= 11 is 0. The molecule has 3 aromatic carbocycles. The van der Waals surface area contributed by atoms with Gasteiger partial charge in [-0.2, -0.15) is 0 Å². The van der Waals surface area contributed by atoms with Gasteiger partial charge in [0.1, 0.15) is 5.75 Å². The van der Waals surface area contributed by atoms with Crippen LogP contribution in [0.5, 0.6) is 5.75 Å². The number of non-ortho nitro benzene ring substituents is 1. The number of ether oxygens (including phenoxy) is 1. The van der Waals surface area contributed by atoms with Crippen LogP contribution in [0.3, 0.4) is 0 Å². The van der Waals surface area contributed by atoms with Crippen molar-refractivity contribution in [2.75, 3.05) is 36.4 Å². The summed E-state index contributed by atoms with van der Waals surface area (Å²) in [6, 6.07) is 18.9. The third-order valence-corrected chi connectivity index (χ3v) is 5.74. The number of benzene rings is 3. The van der Waals surface area contributed by atoms with Crippen LogP contribution in [0.2, 0.25) is 0 Å². The van der Waals surface area contributed by atoms with Gasteiger partial charge < -0.3 is 15.0 Å². The third kappa shape index (κ3) is 6.51. The average molecular weight is 500 g/mol. The van der Waals surface area contributed by atoms with Gasteiger partial charge in [0.15, 0.2) is 0 Å². The first-order valence-corrected chi connectivity index (χ1v) is 11.1. The average Bonchev–Trinajstić information content (AvgIpc) is 2.85. The zero-order valence-electron chi connectivity index (χ0n) is 19.1. The predicted molar refractivity (Wildman–Crippen MR) is 128 cm³/mol. The Labute approximate surface area is 205 Å². The number of nitro benzene ring substituents is 1. The SMILES string of the molecule is O=C(Nc1ccc(OC(F)(F)F)cc1)c1cc([N+](=O)[O-])ccc1N1CCN(Cc2ccccc2)CC1. The highest BCUT2D eigenvalue weighted by molar-refractivity contribution is 6.08. The second-order valence-corrected chi connectivity index (χ2v) is 8.23. The van der Waals surface area contributed by atoms with Crippen LogP contribution in [0.4, 0.5) is 30.2 Å². The van der Waals surface area contributed by atoms with Crippen molar-refractivity contribution in [1.82, 2.24) is 4.90 Å². The van der Waals surface area contributed by atoms with Crippen LogP contribution in [0, 0.1) is 10.1 Å². The number of nitro groups is 1. The zero-order chi connectivity index (χ0) is 25.7. The molecule has 1 amide bonds. The number of hydrogen-bond acceptors (Lipinski definition) is 6. The van der Waals surface area contributed by atoms with E-state index < -0.39 is 22.9 Å². The Hall–Kier alpha value is -4.12. The van der Waals surface area contributed by atoms with Crippen LogP contribution < -0.4 is 15.0 Å². The first kappa shape index (κ1) is 25.0. The standard InChI is InChI=1S/C25H23F3N4O4/c26-25(27,28)36-21-9-6-19(7-10-21)29-24(33)22-16-20(32(34)35)8-11-23(22)31-14-12-30(13-15-31)17-18-4-2-1-3-5-18/h1-11,16H,12-15,17H2,(H,29,33). The third-order valence-electron chi connectivity index (χ3n) is 5.74. The van der Waals surface area contributed by atoms with Crippen molar-refractivity contribution in [2.45, 2.75) is 12.9 Å². The number of alkyl halides is 3. The molecule has 0 aliphatic carbocycles. The molecule has 1 heterocycles. The molecule has 1 saturated heterocycles. The Morgan fingerprint density at radius 2 is 1.64 bits per heavy atom. The molecule has 1 fully saturated rings. The monoisotopic (exact) mass is 500 g/mol. The van der Waals surface area contributed by atoms with E-state index in [0.29, 0.717) is 18.8 Å². The first-order valence-electron chi connectivity index (χ1n) is 11.1. The molecule has 0 bridgehead atoms. The summed E-state index contributed by atoms with van der Waals surface area (Å²) in [5.74, 6) is -1.03. The lowest BCUT2D eigenvalue weighted by molar-refractivity contribution is -0.384. The lowest BCUT2D eigenvalue weighted by Gasteiger charge is -2.36. The number of nitrogens with zero attached hydrogens (tertiary/aromatic N) is 3. The molecule has 0 unspecified atom stereocenters. The van der Waals surface area contributed by atoms with E-state index in [1.54, 1.807) is 6.07 Å². The van der Waals surface area contributed by atoms with Gasteiger partial charge in [0.25, 0.3) is 11.6 Å². The van der Waals surface area contributed by atoms with Crippen LogP contribution in [0.25, 0.3) is 0 Å². The van der Waals surface area contributed by atoms with E-state index in [1.165, 1.54) is 29.8 Å². The minimum Gasteiger partial charge on any atom is -0.406 e. The smallest absolute Gasteiger partial charge is 0.406 e. The predicted octanol–water partition coefficient (Wildman–Crippen LogP) is 5.07. The van der Waals surface area contributed by atoms with E-state index in [2.05, 4.69) is 27.1 Å². The van der Waals surface area contributed by atoms with Gasteiger partial charge >= 0.3 is 6.36 Å². The molecule has 3 aromatic rings. The highest BCUT2D eigenvalue weighted by atomic mass is 19.4.